The number of hydrogen-bond donors (Lipinski definition) is 1. The van der Waals surface area contributed by atoms with Gasteiger partial charge < -0.3 is 5.32 Å². The molecule has 1 aliphatic heterocycles. The van der Waals surface area contributed by atoms with E-state index in [2.05, 4.69) is 17.4 Å². The lowest BCUT2D eigenvalue weighted by Crippen LogP contribution is -2.24. The molecule has 0 bridgehead atoms. The van der Waals surface area contributed by atoms with E-state index in [-0.39, 0.29) is 11.8 Å². The third kappa shape index (κ3) is 3.22. The zero-order valence-corrected chi connectivity index (χ0v) is 16.3. The summed E-state index contributed by atoms with van der Waals surface area (Å²) in [5.74, 6) is 0.653. The number of halogens is 1. The quantitative estimate of drug-likeness (QED) is 0.482. The van der Waals surface area contributed by atoms with E-state index in [1.807, 2.05) is 77.5 Å². The fourth-order valence-corrected chi connectivity index (χ4v) is 4.02. The third-order valence-electron chi connectivity index (χ3n) is 5.24. The van der Waals surface area contributed by atoms with Gasteiger partial charge in [-0.3, -0.25) is 4.79 Å². The summed E-state index contributed by atoms with van der Waals surface area (Å²) in [5, 5.41) is 8.67. The molecule has 4 aromatic rings. The minimum Gasteiger partial charge on any atom is -0.310 e. The van der Waals surface area contributed by atoms with Crippen LogP contribution in [-0.4, -0.2) is 15.7 Å². The van der Waals surface area contributed by atoms with E-state index in [9.17, 15) is 4.79 Å². The summed E-state index contributed by atoms with van der Waals surface area (Å²) in [6.45, 7) is 0. The Labute approximate surface area is 173 Å². The van der Waals surface area contributed by atoms with Crippen LogP contribution in [0.15, 0.2) is 84.9 Å². The van der Waals surface area contributed by atoms with Gasteiger partial charge >= 0.3 is 0 Å². The van der Waals surface area contributed by atoms with Crippen LogP contribution in [0.1, 0.15) is 23.5 Å². The second-order valence-electron chi connectivity index (χ2n) is 7.08. The number of aromatic nitrogens is 2. The number of hydrogen-bond acceptors (Lipinski definition) is 2. The summed E-state index contributed by atoms with van der Waals surface area (Å²) in [5.41, 5.74) is 4.86. The lowest BCUT2D eigenvalue weighted by atomic mass is 9.84. The lowest BCUT2D eigenvalue weighted by Gasteiger charge is -2.24. The first kappa shape index (κ1) is 17.7. The fraction of sp³-hybridized carbons (Fsp3) is 0.0833. The molecule has 5 rings (SSSR count). The predicted octanol–water partition coefficient (Wildman–Crippen LogP) is 5.67. The predicted molar refractivity (Wildman–Crippen MR) is 116 cm³/mol. The Morgan fingerprint density at radius 2 is 1.55 bits per heavy atom. The topological polar surface area (TPSA) is 46.9 Å². The van der Waals surface area contributed by atoms with E-state index >= 15 is 0 Å². The second kappa shape index (κ2) is 7.22. The van der Waals surface area contributed by atoms with E-state index in [1.165, 1.54) is 0 Å². The van der Waals surface area contributed by atoms with Crippen LogP contribution in [0, 0.1) is 0 Å². The van der Waals surface area contributed by atoms with Crippen LogP contribution >= 0.6 is 11.6 Å². The molecular formula is C24H18ClN3O. The Morgan fingerprint density at radius 3 is 2.24 bits per heavy atom. The van der Waals surface area contributed by atoms with Crippen molar-refractivity contribution in [1.82, 2.24) is 9.78 Å². The van der Waals surface area contributed by atoms with Crippen LogP contribution in [0.5, 0.6) is 0 Å². The van der Waals surface area contributed by atoms with Crippen molar-refractivity contribution in [3.8, 4) is 16.9 Å². The standard InChI is InChI=1S/C24H18ClN3O/c25-18-13-11-17(12-14-18)23-22-20(16-7-3-1-4-8-16)15-21(29)26-24(22)28(27-23)19-9-5-2-6-10-19/h1-14,20H,15H2,(H,26,29)/t20-/m1/s1. The molecule has 142 valence electrons. The highest BCUT2D eigenvalue weighted by atomic mass is 35.5. The maximum absolute atomic E-state index is 12.6. The van der Waals surface area contributed by atoms with E-state index in [1.54, 1.807) is 0 Å². The first-order valence-electron chi connectivity index (χ1n) is 9.50. The van der Waals surface area contributed by atoms with E-state index in [0.717, 1.165) is 33.9 Å². The number of carbonyl (C=O) groups excluding carboxylic acids is 1. The maximum Gasteiger partial charge on any atom is 0.226 e. The lowest BCUT2D eigenvalue weighted by molar-refractivity contribution is -0.116. The Kier molecular flexibility index (Phi) is 4.41. The summed E-state index contributed by atoms with van der Waals surface area (Å²) in [7, 11) is 0. The molecular weight excluding hydrogens is 382 g/mol. The maximum atomic E-state index is 12.6. The van der Waals surface area contributed by atoms with Crippen molar-refractivity contribution in [3.63, 3.8) is 0 Å². The molecule has 0 aliphatic carbocycles. The van der Waals surface area contributed by atoms with Crippen molar-refractivity contribution < 1.29 is 4.79 Å². The summed E-state index contributed by atoms with van der Waals surface area (Å²) < 4.78 is 1.83. The van der Waals surface area contributed by atoms with E-state index < -0.39 is 0 Å². The molecule has 2 heterocycles. The van der Waals surface area contributed by atoms with Gasteiger partial charge in [-0.05, 0) is 29.8 Å². The van der Waals surface area contributed by atoms with Gasteiger partial charge in [0.05, 0.1) is 11.4 Å². The van der Waals surface area contributed by atoms with Crippen molar-refractivity contribution >= 4 is 23.3 Å². The van der Waals surface area contributed by atoms with Crippen LogP contribution in [0.3, 0.4) is 0 Å². The minimum absolute atomic E-state index is 0.00825. The van der Waals surface area contributed by atoms with Crippen molar-refractivity contribution in [2.75, 3.05) is 5.32 Å². The van der Waals surface area contributed by atoms with E-state index in [0.29, 0.717) is 11.4 Å². The number of para-hydroxylation sites is 1. The van der Waals surface area contributed by atoms with Crippen molar-refractivity contribution in [1.29, 1.82) is 0 Å². The summed E-state index contributed by atoms with van der Waals surface area (Å²) in [4.78, 5) is 12.6. The molecule has 1 amide bonds. The normalized spacial score (nSPS) is 15.6. The molecule has 0 fully saturated rings. The van der Waals surface area contributed by atoms with Crippen LogP contribution in [0.25, 0.3) is 16.9 Å². The first-order valence-corrected chi connectivity index (χ1v) is 9.87. The number of rotatable bonds is 3. The molecule has 1 aliphatic rings. The SMILES string of the molecule is O=C1C[C@H](c2ccccc2)c2c(-c3ccc(Cl)cc3)nn(-c3ccccc3)c2N1. The number of benzene rings is 3. The van der Waals surface area contributed by atoms with Crippen LogP contribution in [0.2, 0.25) is 5.02 Å². The first-order chi connectivity index (χ1) is 14.2. The number of nitrogens with zero attached hydrogens (tertiary/aromatic N) is 2. The van der Waals surface area contributed by atoms with Crippen molar-refractivity contribution in [3.05, 3.63) is 101 Å². The highest BCUT2D eigenvalue weighted by Gasteiger charge is 2.34. The van der Waals surface area contributed by atoms with Crippen molar-refractivity contribution in [2.45, 2.75) is 12.3 Å². The zero-order chi connectivity index (χ0) is 19.8. The highest BCUT2D eigenvalue weighted by molar-refractivity contribution is 6.30. The van der Waals surface area contributed by atoms with Gasteiger partial charge in [0.1, 0.15) is 5.82 Å². The summed E-state index contributed by atoms with van der Waals surface area (Å²) >= 11 is 6.10. The van der Waals surface area contributed by atoms with Gasteiger partial charge in [0.2, 0.25) is 5.91 Å². The number of nitrogens with one attached hydrogen (secondary N) is 1. The fourth-order valence-electron chi connectivity index (χ4n) is 3.90. The van der Waals surface area contributed by atoms with Gasteiger partial charge in [-0.25, -0.2) is 4.68 Å². The van der Waals surface area contributed by atoms with Gasteiger partial charge in [0.15, 0.2) is 0 Å². The zero-order valence-electron chi connectivity index (χ0n) is 15.5. The minimum atomic E-state index is -0.0666. The number of carbonyl (C=O) groups is 1. The van der Waals surface area contributed by atoms with E-state index in [4.69, 9.17) is 16.7 Å². The monoisotopic (exact) mass is 399 g/mol. The van der Waals surface area contributed by atoms with Gasteiger partial charge in [0.25, 0.3) is 0 Å². The smallest absolute Gasteiger partial charge is 0.226 e. The number of fused-ring (bicyclic) bond motifs is 1. The Hall–Kier alpha value is -3.37. The summed E-state index contributed by atoms with van der Waals surface area (Å²) in [6.07, 6.45) is 0.387. The molecule has 3 aromatic carbocycles. The van der Waals surface area contributed by atoms with Crippen LogP contribution in [-0.2, 0) is 4.79 Å². The Balaban J connectivity index is 1.77. The molecule has 4 nitrogen and oxygen atoms in total. The Bertz CT molecular complexity index is 1170. The van der Waals surface area contributed by atoms with Crippen LogP contribution in [0.4, 0.5) is 5.82 Å². The number of anilines is 1. The number of amides is 1. The second-order valence-corrected chi connectivity index (χ2v) is 7.52. The highest BCUT2D eigenvalue weighted by Crippen LogP contribution is 2.43. The Morgan fingerprint density at radius 1 is 0.897 bits per heavy atom. The molecule has 0 radical (unpaired) electrons. The third-order valence-corrected chi connectivity index (χ3v) is 5.49. The molecule has 0 spiro atoms. The van der Waals surface area contributed by atoms with Gasteiger partial charge in [-0.2, -0.15) is 5.10 Å². The van der Waals surface area contributed by atoms with Gasteiger partial charge in [-0.1, -0.05) is 72.3 Å². The molecule has 1 aromatic heterocycles. The largest absolute Gasteiger partial charge is 0.310 e. The average Bonchev–Trinajstić information content (AvgIpc) is 3.14. The summed E-state index contributed by atoms with van der Waals surface area (Å²) in [6, 6.07) is 27.7. The molecule has 0 saturated heterocycles. The van der Waals surface area contributed by atoms with Gasteiger partial charge in [-0.15, -0.1) is 0 Å². The molecule has 5 heteroatoms. The van der Waals surface area contributed by atoms with Crippen molar-refractivity contribution in [2.24, 2.45) is 0 Å². The molecule has 0 unspecified atom stereocenters. The van der Waals surface area contributed by atoms with Crippen LogP contribution < -0.4 is 5.32 Å². The molecule has 1 N–H and O–H groups in total. The molecule has 29 heavy (non-hydrogen) atoms. The molecule has 1 atom stereocenters. The molecule has 0 saturated carbocycles. The average molecular weight is 400 g/mol. The van der Waals surface area contributed by atoms with Gasteiger partial charge in [0, 0.05) is 28.5 Å².